The van der Waals surface area contributed by atoms with Crippen molar-refractivity contribution in [3.63, 3.8) is 0 Å². The first-order valence-electron chi connectivity index (χ1n) is 8.62. The van der Waals surface area contributed by atoms with Crippen LogP contribution in [0.1, 0.15) is 43.5 Å². The minimum absolute atomic E-state index is 0.0272. The van der Waals surface area contributed by atoms with Gasteiger partial charge in [0, 0.05) is 32.1 Å². The van der Waals surface area contributed by atoms with Crippen molar-refractivity contribution in [2.45, 2.75) is 58.5 Å². The lowest BCUT2D eigenvalue weighted by Crippen LogP contribution is -2.49. The minimum Gasteiger partial charge on any atom is -0.333 e. The molecule has 0 aromatic carbocycles. The average molecular weight is 331 g/mol. The van der Waals surface area contributed by atoms with Crippen LogP contribution in [-0.4, -0.2) is 56.8 Å². The minimum atomic E-state index is -0.0376. The number of hydrogen-bond acceptors (Lipinski definition) is 4. The molecule has 130 valence electrons. The molecule has 0 saturated carbocycles. The number of aromatic nitrogens is 2. The standard InChI is InChI=1S/C17H25N5O2/c1-12-10-13(2)22(18-12)11-14-6-4-5-9-21(14)17(24)15-7-8-16(23)20(3)19-15/h10,14H,4-9,11H2,1-3H3/t14-/m0/s1. The van der Waals surface area contributed by atoms with E-state index in [1.807, 2.05) is 23.4 Å². The summed E-state index contributed by atoms with van der Waals surface area (Å²) in [6, 6.07) is 2.19. The van der Waals surface area contributed by atoms with E-state index in [0.29, 0.717) is 25.1 Å². The number of rotatable bonds is 3. The predicted molar refractivity (Wildman–Crippen MR) is 90.5 cm³/mol. The number of likely N-dealkylation sites (tertiary alicyclic amines) is 1. The Hall–Kier alpha value is -2.18. The molecule has 1 aromatic heterocycles. The SMILES string of the molecule is Cc1cc(C)n(C[C@@H]2CCCCN2C(=O)C2=NN(C)C(=O)CC2)n1. The molecule has 0 aliphatic carbocycles. The summed E-state index contributed by atoms with van der Waals surface area (Å²) in [5.74, 6) is -0.0648. The van der Waals surface area contributed by atoms with Gasteiger partial charge in [-0.1, -0.05) is 0 Å². The van der Waals surface area contributed by atoms with Crippen molar-refractivity contribution >= 4 is 17.5 Å². The van der Waals surface area contributed by atoms with Crippen LogP contribution in [0.3, 0.4) is 0 Å². The Balaban J connectivity index is 1.77. The van der Waals surface area contributed by atoms with Crippen molar-refractivity contribution in [1.29, 1.82) is 0 Å². The number of carbonyl (C=O) groups is 2. The molecule has 7 nitrogen and oxygen atoms in total. The molecule has 1 fully saturated rings. The number of amides is 2. The fourth-order valence-electron chi connectivity index (χ4n) is 3.51. The summed E-state index contributed by atoms with van der Waals surface area (Å²) >= 11 is 0. The van der Waals surface area contributed by atoms with Crippen LogP contribution in [0.4, 0.5) is 0 Å². The van der Waals surface area contributed by atoms with Crippen molar-refractivity contribution in [2.24, 2.45) is 5.10 Å². The highest BCUT2D eigenvalue weighted by molar-refractivity contribution is 6.39. The van der Waals surface area contributed by atoms with Crippen LogP contribution in [0.25, 0.3) is 0 Å². The van der Waals surface area contributed by atoms with Crippen molar-refractivity contribution in [3.8, 4) is 0 Å². The largest absolute Gasteiger partial charge is 0.333 e. The van der Waals surface area contributed by atoms with Crippen molar-refractivity contribution < 1.29 is 9.59 Å². The third kappa shape index (κ3) is 3.34. The van der Waals surface area contributed by atoms with Crippen molar-refractivity contribution in [1.82, 2.24) is 19.7 Å². The number of aryl methyl sites for hydroxylation is 2. The molecular weight excluding hydrogens is 306 g/mol. The summed E-state index contributed by atoms with van der Waals surface area (Å²) in [6.07, 6.45) is 3.91. The summed E-state index contributed by atoms with van der Waals surface area (Å²) in [6.45, 7) is 5.49. The second kappa shape index (κ2) is 6.75. The van der Waals surface area contributed by atoms with Gasteiger partial charge in [0.25, 0.3) is 5.91 Å². The van der Waals surface area contributed by atoms with E-state index in [1.165, 1.54) is 5.01 Å². The zero-order valence-corrected chi connectivity index (χ0v) is 14.7. The third-order valence-corrected chi connectivity index (χ3v) is 4.83. The fourth-order valence-corrected chi connectivity index (χ4v) is 3.51. The maximum Gasteiger partial charge on any atom is 0.270 e. The van der Waals surface area contributed by atoms with E-state index < -0.39 is 0 Å². The molecule has 0 unspecified atom stereocenters. The van der Waals surface area contributed by atoms with Gasteiger partial charge in [-0.15, -0.1) is 0 Å². The third-order valence-electron chi connectivity index (χ3n) is 4.83. The summed E-state index contributed by atoms with van der Waals surface area (Å²) in [5.41, 5.74) is 2.61. The summed E-state index contributed by atoms with van der Waals surface area (Å²) < 4.78 is 1.99. The Morgan fingerprint density at radius 3 is 2.75 bits per heavy atom. The number of nitrogens with zero attached hydrogens (tertiary/aromatic N) is 5. The van der Waals surface area contributed by atoms with Crippen LogP contribution in [0.2, 0.25) is 0 Å². The topological polar surface area (TPSA) is 70.8 Å². The van der Waals surface area contributed by atoms with Gasteiger partial charge in [-0.3, -0.25) is 14.3 Å². The first kappa shape index (κ1) is 16.7. The maximum absolute atomic E-state index is 12.9. The van der Waals surface area contributed by atoms with Gasteiger partial charge in [0.2, 0.25) is 5.91 Å². The number of hydrazone groups is 1. The van der Waals surface area contributed by atoms with Crippen LogP contribution in [-0.2, 0) is 16.1 Å². The van der Waals surface area contributed by atoms with Crippen LogP contribution >= 0.6 is 0 Å². The molecule has 2 aliphatic rings. The zero-order chi connectivity index (χ0) is 17.3. The van der Waals surface area contributed by atoms with Gasteiger partial charge < -0.3 is 4.90 Å². The molecule has 24 heavy (non-hydrogen) atoms. The zero-order valence-electron chi connectivity index (χ0n) is 14.7. The van der Waals surface area contributed by atoms with E-state index in [9.17, 15) is 9.59 Å². The lowest BCUT2D eigenvalue weighted by atomic mass is 10.0. The molecule has 2 amide bonds. The Labute approximate surface area is 142 Å². The smallest absolute Gasteiger partial charge is 0.270 e. The first-order valence-corrected chi connectivity index (χ1v) is 8.62. The van der Waals surface area contributed by atoms with Crippen molar-refractivity contribution in [2.75, 3.05) is 13.6 Å². The van der Waals surface area contributed by atoms with Gasteiger partial charge in [-0.25, -0.2) is 5.01 Å². The second-order valence-electron chi connectivity index (χ2n) is 6.72. The summed E-state index contributed by atoms with van der Waals surface area (Å²) in [4.78, 5) is 26.4. The Morgan fingerprint density at radius 2 is 2.08 bits per heavy atom. The fraction of sp³-hybridized carbons (Fsp3) is 0.647. The van der Waals surface area contributed by atoms with E-state index in [-0.39, 0.29) is 17.9 Å². The van der Waals surface area contributed by atoms with Gasteiger partial charge in [0.1, 0.15) is 5.71 Å². The van der Waals surface area contributed by atoms with E-state index in [2.05, 4.69) is 16.3 Å². The molecule has 0 bridgehead atoms. The molecule has 1 saturated heterocycles. The first-order chi connectivity index (χ1) is 11.5. The Kier molecular flexibility index (Phi) is 4.69. The molecule has 1 atom stereocenters. The monoisotopic (exact) mass is 331 g/mol. The molecule has 3 rings (SSSR count). The normalized spacial score (nSPS) is 21.9. The van der Waals surface area contributed by atoms with Crippen molar-refractivity contribution in [3.05, 3.63) is 17.5 Å². The molecular formula is C17H25N5O2. The molecule has 0 N–H and O–H groups in total. The maximum atomic E-state index is 12.9. The Morgan fingerprint density at radius 1 is 1.29 bits per heavy atom. The van der Waals surface area contributed by atoms with Crippen LogP contribution in [0.5, 0.6) is 0 Å². The molecule has 0 spiro atoms. The summed E-state index contributed by atoms with van der Waals surface area (Å²) in [5, 5.41) is 10.0. The predicted octanol–water partition coefficient (Wildman–Crippen LogP) is 1.49. The highest BCUT2D eigenvalue weighted by Crippen LogP contribution is 2.21. The lowest BCUT2D eigenvalue weighted by molar-refractivity contribution is -0.131. The average Bonchev–Trinajstić information content (AvgIpc) is 2.87. The van der Waals surface area contributed by atoms with Gasteiger partial charge in [0.15, 0.2) is 0 Å². The van der Waals surface area contributed by atoms with Crippen LogP contribution < -0.4 is 0 Å². The molecule has 2 aliphatic heterocycles. The van der Waals surface area contributed by atoms with E-state index in [4.69, 9.17) is 0 Å². The molecule has 3 heterocycles. The van der Waals surface area contributed by atoms with Gasteiger partial charge in [-0.2, -0.15) is 10.2 Å². The number of hydrogen-bond donors (Lipinski definition) is 0. The van der Waals surface area contributed by atoms with Gasteiger partial charge in [-0.05, 0) is 39.2 Å². The Bertz CT molecular complexity index is 679. The van der Waals surface area contributed by atoms with Gasteiger partial charge in [0.05, 0.1) is 18.3 Å². The highest BCUT2D eigenvalue weighted by atomic mass is 16.2. The van der Waals surface area contributed by atoms with E-state index in [0.717, 1.165) is 37.2 Å². The molecule has 0 radical (unpaired) electrons. The molecule has 1 aromatic rings. The van der Waals surface area contributed by atoms with E-state index in [1.54, 1.807) is 7.05 Å². The van der Waals surface area contributed by atoms with Crippen LogP contribution in [0.15, 0.2) is 11.2 Å². The second-order valence-corrected chi connectivity index (χ2v) is 6.72. The van der Waals surface area contributed by atoms with Gasteiger partial charge >= 0.3 is 0 Å². The van der Waals surface area contributed by atoms with E-state index >= 15 is 0 Å². The number of piperidine rings is 1. The molecule has 7 heteroatoms. The lowest BCUT2D eigenvalue weighted by Gasteiger charge is -2.36. The van der Waals surface area contributed by atoms with Crippen LogP contribution in [0, 0.1) is 13.8 Å². The quantitative estimate of drug-likeness (QED) is 0.842. The summed E-state index contributed by atoms with van der Waals surface area (Å²) in [7, 11) is 1.61. The number of carbonyl (C=O) groups excluding carboxylic acids is 2. The highest BCUT2D eigenvalue weighted by Gasteiger charge is 2.32.